The van der Waals surface area contributed by atoms with Crippen LogP contribution in [0.2, 0.25) is 0 Å². The molecule has 1 aromatic heterocycles. The van der Waals surface area contributed by atoms with Crippen molar-refractivity contribution < 1.29 is 4.74 Å². The highest BCUT2D eigenvalue weighted by atomic mass is 16.5. The summed E-state index contributed by atoms with van der Waals surface area (Å²) in [5, 5.41) is 15.8. The Morgan fingerprint density at radius 1 is 1.00 bits per heavy atom. The Labute approximate surface area is 189 Å². The van der Waals surface area contributed by atoms with Crippen LogP contribution in [0.5, 0.6) is 0 Å². The highest BCUT2D eigenvalue weighted by molar-refractivity contribution is 5.94. The van der Waals surface area contributed by atoms with Crippen molar-refractivity contribution in [3.63, 3.8) is 0 Å². The number of hydrogen-bond acceptors (Lipinski definition) is 5. The van der Waals surface area contributed by atoms with E-state index in [1.807, 2.05) is 36.4 Å². The molecule has 0 spiro atoms. The van der Waals surface area contributed by atoms with E-state index in [1.165, 1.54) is 38.5 Å². The Bertz CT molecular complexity index is 1070. The molecule has 3 N–H and O–H groups in total. The topological polar surface area (TPSA) is 79.0 Å². The molecule has 0 aliphatic heterocycles. The number of methoxy groups -OCH3 is 1. The number of fused-ring (bicyclic) bond motifs is 1. The molecule has 32 heavy (non-hydrogen) atoms. The van der Waals surface area contributed by atoms with Gasteiger partial charge in [0.15, 0.2) is 0 Å². The van der Waals surface area contributed by atoms with Crippen molar-refractivity contribution in [1.82, 2.24) is 15.5 Å². The lowest BCUT2D eigenvalue weighted by Crippen LogP contribution is -2.47. The summed E-state index contributed by atoms with van der Waals surface area (Å²) in [4.78, 5) is 12.1. The number of anilines is 1. The molecule has 0 saturated heterocycles. The summed E-state index contributed by atoms with van der Waals surface area (Å²) in [5.74, 6) is 0. The number of hydrogen-bond donors (Lipinski definition) is 3. The first-order valence-electron chi connectivity index (χ1n) is 11.8. The van der Waals surface area contributed by atoms with E-state index >= 15 is 0 Å². The fourth-order valence-electron chi connectivity index (χ4n) is 4.82. The quantitative estimate of drug-likeness (QED) is 0.381. The van der Waals surface area contributed by atoms with Crippen molar-refractivity contribution >= 4 is 16.5 Å². The highest BCUT2D eigenvalue weighted by Crippen LogP contribution is 2.30. The number of nitrogens with one attached hydrogen (secondary N) is 3. The summed E-state index contributed by atoms with van der Waals surface area (Å²) in [6.45, 7) is 2.82. The molecule has 0 atom stereocenters. The van der Waals surface area contributed by atoms with Crippen molar-refractivity contribution in [3.05, 3.63) is 58.9 Å². The first-order valence-corrected chi connectivity index (χ1v) is 11.8. The third-order valence-corrected chi connectivity index (χ3v) is 6.50. The molecule has 0 amide bonds. The number of ether oxygens (including phenoxy) is 1. The first kappa shape index (κ1) is 22.5. The van der Waals surface area contributed by atoms with Gasteiger partial charge in [-0.05, 0) is 50.4 Å². The van der Waals surface area contributed by atoms with Crippen molar-refractivity contribution in [2.24, 2.45) is 0 Å². The van der Waals surface area contributed by atoms with Gasteiger partial charge in [0.1, 0.15) is 0 Å². The Hall–Kier alpha value is -2.70. The third-order valence-electron chi connectivity index (χ3n) is 6.50. The van der Waals surface area contributed by atoms with Gasteiger partial charge in [-0.15, -0.1) is 0 Å². The fraction of sp³-hybridized carbons (Fsp3) is 0.462. The minimum atomic E-state index is -0.158. The second kappa shape index (κ2) is 10.7. The van der Waals surface area contributed by atoms with Crippen LogP contribution in [0.25, 0.3) is 22.0 Å². The normalized spacial score (nSPS) is 15.3. The van der Waals surface area contributed by atoms with E-state index < -0.39 is 0 Å². The molecule has 6 heteroatoms. The molecule has 0 bridgehead atoms. The zero-order chi connectivity index (χ0) is 22.2. The Balaban J connectivity index is 1.27. The van der Waals surface area contributed by atoms with Gasteiger partial charge in [0, 0.05) is 35.8 Å². The summed E-state index contributed by atoms with van der Waals surface area (Å²) in [6, 6.07) is 15.8. The number of unbranched alkanes of at least 4 members (excludes halogenated alkanes) is 2. The lowest BCUT2D eigenvalue weighted by atomic mass is 9.98. The molecule has 1 aliphatic carbocycles. The molecule has 4 rings (SSSR count). The van der Waals surface area contributed by atoms with Crippen molar-refractivity contribution in [2.45, 2.75) is 50.5 Å². The maximum atomic E-state index is 12.1. The van der Waals surface area contributed by atoms with E-state index in [0.29, 0.717) is 5.39 Å². The molecule has 0 unspecified atom stereocenters. The predicted molar refractivity (Wildman–Crippen MR) is 131 cm³/mol. The maximum Gasteiger partial charge on any atom is 0.272 e. The zero-order valence-corrected chi connectivity index (χ0v) is 19.0. The fourth-order valence-corrected chi connectivity index (χ4v) is 4.82. The summed E-state index contributed by atoms with van der Waals surface area (Å²) in [6.07, 6.45) is 8.59. The van der Waals surface area contributed by atoms with E-state index in [-0.39, 0.29) is 11.1 Å². The third kappa shape index (κ3) is 5.37. The van der Waals surface area contributed by atoms with Crippen LogP contribution < -0.4 is 16.2 Å². The Morgan fingerprint density at radius 2 is 1.78 bits per heavy atom. The van der Waals surface area contributed by atoms with Crippen molar-refractivity contribution in [2.75, 3.05) is 32.1 Å². The number of rotatable bonds is 11. The van der Waals surface area contributed by atoms with Crippen LogP contribution in [0.3, 0.4) is 0 Å². The van der Waals surface area contributed by atoms with E-state index in [4.69, 9.17) is 4.74 Å². The lowest BCUT2D eigenvalue weighted by Gasteiger charge is -2.29. The minimum absolute atomic E-state index is 0.158. The van der Waals surface area contributed by atoms with Crippen LogP contribution in [0, 0.1) is 0 Å². The molecule has 2 aromatic carbocycles. The molecule has 3 aromatic rings. The zero-order valence-electron chi connectivity index (χ0n) is 19.0. The monoisotopic (exact) mass is 434 g/mol. The van der Waals surface area contributed by atoms with E-state index in [0.717, 1.165) is 48.4 Å². The van der Waals surface area contributed by atoms with Gasteiger partial charge in [0.05, 0.1) is 17.7 Å². The van der Waals surface area contributed by atoms with E-state index in [2.05, 4.69) is 33.0 Å². The lowest BCUT2D eigenvalue weighted by molar-refractivity contribution is 0.111. The Kier molecular flexibility index (Phi) is 7.55. The molecule has 1 heterocycles. The van der Waals surface area contributed by atoms with Crippen LogP contribution >= 0.6 is 0 Å². The van der Waals surface area contributed by atoms with Gasteiger partial charge in [0.2, 0.25) is 0 Å². The van der Waals surface area contributed by atoms with Gasteiger partial charge in [0.25, 0.3) is 5.56 Å². The van der Waals surface area contributed by atoms with Gasteiger partial charge < -0.3 is 15.4 Å². The maximum absolute atomic E-state index is 12.1. The smallest absolute Gasteiger partial charge is 0.272 e. The SMILES string of the molecule is COCC1(NCCCCCNc2cccc(-c3n[nH]c(=O)c4ccccc34)c2)CCCC1. The van der Waals surface area contributed by atoms with Crippen molar-refractivity contribution in [3.8, 4) is 11.3 Å². The van der Waals surface area contributed by atoms with Crippen LogP contribution in [0.1, 0.15) is 44.9 Å². The second-order valence-electron chi connectivity index (χ2n) is 8.86. The van der Waals surface area contributed by atoms with Gasteiger partial charge in [-0.3, -0.25) is 4.79 Å². The molecule has 0 radical (unpaired) electrons. The first-order chi connectivity index (χ1) is 15.7. The molecule has 1 aliphatic rings. The van der Waals surface area contributed by atoms with E-state index in [9.17, 15) is 4.79 Å². The molecular formula is C26H34N4O2. The number of H-pyrrole nitrogens is 1. The molecular weight excluding hydrogens is 400 g/mol. The Morgan fingerprint density at radius 3 is 2.59 bits per heavy atom. The number of nitrogens with zero attached hydrogens (tertiary/aromatic N) is 1. The number of aromatic amines is 1. The number of benzene rings is 2. The summed E-state index contributed by atoms with van der Waals surface area (Å²) < 4.78 is 5.45. The largest absolute Gasteiger partial charge is 0.385 e. The van der Waals surface area contributed by atoms with Crippen LogP contribution in [-0.4, -0.2) is 42.5 Å². The molecule has 170 valence electrons. The average Bonchev–Trinajstić information content (AvgIpc) is 3.28. The second-order valence-corrected chi connectivity index (χ2v) is 8.86. The summed E-state index contributed by atoms with van der Waals surface area (Å²) in [5.41, 5.74) is 2.92. The van der Waals surface area contributed by atoms with Crippen LogP contribution in [0.15, 0.2) is 53.3 Å². The van der Waals surface area contributed by atoms with E-state index in [1.54, 1.807) is 7.11 Å². The summed E-state index contributed by atoms with van der Waals surface area (Å²) >= 11 is 0. The average molecular weight is 435 g/mol. The van der Waals surface area contributed by atoms with Gasteiger partial charge in [-0.1, -0.05) is 49.6 Å². The summed E-state index contributed by atoms with van der Waals surface area (Å²) in [7, 11) is 1.80. The minimum Gasteiger partial charge on any atom is -0.385 e. The molecule has 6 nitrogen and oxygen atoms in total. The standard InChI is InChI=1S/C26H34N4O2/c1-32-19-26(14-5-6-15-26)28-17-8-2-7-16-27-21-11-9-10-20(18-21)24-22-12-3-4-13-23(22)25(31)30-29-24/h3-4,9-13,18,27-28H,2,5-8,14-17,19H2,1H3,(H,30,31). The van der Waals surface area contributed by atoms with Gasteiger partial charge in [-0.2, -0.15) is 5.10 Å². The van der Waals surface area contributed by atoms with Crippen molar-refractivity contribution in [1.29, 1.82) is 0 Å². The van der Waals surface area contributed by atoms with Crippen LogP contribution in [-0.2, 0) is 4.74 Å². The highest BCUT2D eigenvalue weighted by Gasteiger charge is 2.32. The molecule has 1 saturated carbocycles. The number of aromatic nitrogens is 2. The van der Waals surface area contributed by atoms with Gasteiger partial charge in [-0.25, -0.2) is 5.10 Å². The molecule has 1 fully saturated rings. The van der Waals surface area contributed by atoms with Crippen LogP contribution in [0.4, 0.5) is 5.69 Å². The predicted octanol–water partition coefficient (Wildman–Crippen LogP) is 4.72. The van der Waals surface area contributed by atoms with Gasteiger partial charge >= 0.3 is 0 Å².